The molecule has 142 valence electrons. The van der Waals surface area contributed by atoms with E-state index in [0.717, 1.165) is 6.08 Å². The highest BCUT2D eigenvalue weighted by Crippen LogP contribution is 2.31. The summed E-state index contributed by atoms with van der Waals surface area (Å²) in [6.45, 7) is 3.41. The molecule has 6 nitrogen and oxygen atoms in total. The molecule has 0 saturated carbocycles. The maximum atomic E-state index is 14.2. The van der Waals surface area contributed by atoms with Crippen molar-refractivity contribution in [2.75, 3.05) is 16.9 Å². The van der Waals surface area contributed by atoms with Crippen molar-refractivity contribution >= 4 is 46.5 Å². The minimum absolute atomic E-state index is 0.254. The Balaban J connectivity index is 1.95. The molecule has 0 saturated heterocycles. The van der Waals surface area contributed by atoms with Crippen LogP contribution in [0, 0.1) is 5.82 Å². The van der Waals surface area contributed by atoms with Gasteiger partial charge < -0.3 is 10.6 Å². The summed E-state index contributed by atoms with van der Waals surface area (Å²) in [6, 6.07) is 9.33. The van der Waals surface area contributed by atoms with Gasteiger partial charge in [0, 0.05) is 28.5 Å². The number of aromatic nitrogens is 3. The molecule has 0 spiro atoms. The molecule has 2 N–H and O–H groups in total. The van der Waals surface area contributed by atoms with Crippen molar-refractivity contribution in [1.29, 1.82) is 0 Å². The van der Waals surface area contributed by atoms with E-state index in [9.17, 15) is 9.18 Å². The van der Waals surface area contributed by atoms with Gasteiger partial charge in [-0.15, -0.1) is 22.0 Å². The molecule has 9 heteroatoms. The molecule has 0 aliphatic carbocycles. The van der Waals surface area contributed by atoms with E-state index in [2.05, 4.69) is 32.4 Å². The number of hydrogen-bond donors (Lipinski definition) is 2. The molecule has 2 heterocycles. The molecule has 0 unspecified atom stereocenters. The summed E-state index contributed by atoms with van der Waals surface area (Å²) in [4.78, 5) is 15.5. The molecule has 0 aliphatic rings. The van der Waals surface area contributed by atoms with Crippen molar-refractivity contribution in [3.63, 3.8) is 0 Å². The van der Waals surface area contributed by atoms with E-state index >= 15 is 0 Å². The quantitative estimate of drug-likeness (QED) is 0.439. The number of carbonyl (C=O) groups is 1. The van der Waals surface area contributed by atoms with Gasteiger partial charge >= 0.3 is 0 Å². The van der Waals surface area contributed by atoms with Gasteiger partial charge in [0.05, 0.1) is 11.4 Å². The van der Waals surface area contributed by atoms with Crippen LogP contribution in [0.25, 0.3) is 11.3 Å². The summed E-state index contributed by atoms with van der Waals surface area (Å²) in [5.41, 5.74) is 1.89. The van der Waals surface area contributed by atoms with E-state index < -0.39 is 5.82 Å². The predicted molar refractivity (Wildman–Crippen MR) is 111 cm³/mol. The molecule has 3 aromatic rings. The van der Waals surface area contributed by atoms with Crippen LogP contribution in [-0.4, -0.2) is 27.3 Å². The molecule has 0 bridgehead atoms. The fourth-order valence-electron chi connectivity index (χ4n) is 2.36. The number of anilines is 3. The molecular weight excluding hydrogens is 401 g/mol. The maximum absolute atomic E-state index is 14.2. The highest BCUT2D eigenvalue weighted by molar-refractivity contribution is 7.98. The number of nitrogens with one attached hydrogen (secondary N) is 2. The van der Waals surface area contributed by atoms with Gasteiger partial charge in [0.2, 0.25) is 5.91 Å². The Bertz CT molecular complexity index is 1050. The van der Waals surface area contributed by atoms with Gasteiger partial charge in [-0.3, -0.25) is 4.79 Å². The first-order valence-corrected chi connectivity index (χ1v) is 9.64. The van der Waals surface area contributed by atoms with Gasteiger partial charge in [-0.1, -0.05) is 18.2 Å². The zero-order valence-corrected chi connectivity index (χ0v) is 16.3. The van der Waals surface area contributed by atoms with Crippen LogP contribution in [0.5, 0.6) is 0 Å². The maximum Gasteiger partial charge on any atom is 0.248 e. The molecule has 2 aromatic heterocycles. The largest absolute Gasteiger partial charge is 0.353 e. The van der Waals surface area contributed by atoms with Gasteiger partial charge in [-0.2, -0.15) is 0 Å². The molecular formula is C19H15ClFN5OS. The minimum Gasteiger partial charge on any atom is -0.353 e. The standard InChI is InChI=1S/C19H15ClFN5OS/c1-3-18(27)24-17-9-12(6-7-22-17)23-16-10-15(25-26-19(16)28-2)13-8-11(20)4-5-14(13)21/h3-10H,1H2,2H3,(H2,22,23,24,25,27). The zero-order valence-electron chi connectivity index (χ0n) is 14.7. The fraction of sp³-hybridized carbons (Fsp3) is 0.0526. The number of nitrogens with zero attached hydrogens (tertiary/aromatic N) is 3. The molecule has 1 amide bonds. The van der Waals surface area contributed by atoms with Crippen LogP contribution < -0.4 is 10.6 Å². The molecule has 3 rings (SSSR count). The Kier molecular flexibility index (Phi) is 6.23. The first-order valence-electron chi connectivity index (χ1n) is 8.04. The Morgan fingerprint density at radius 1 is 1.25 bits per heavy atom. The molecule has 0 atom stereocenters. The summed E-state index contributed by atoms with van der Waals surface area (Å²) in [5.74, 6) is -0.442. The summed E-state index contributed by atoms with van der Waals surface area (Å²) in [5, 5.41) is 15.1. The van der Waals surface area contributed by atoms with Crippen LogP contribution in [0.15, 0.2) is 60.3 Å². The molecule has 0 fully saturated rings. The lowest BCUT2D eigenvalue weighted by Gasteiger charge is -2.12. The number of thioether (sulfide) groups is 1. The van der Waals surface area contributed by atoms with E-state index in [1.165, 1.54) is 30.0 Å². The van der Waals surface area contributed by atoms with Gasteiger partial charge in [-0.05, 0) is 42.7 Å². The second-order valence-corrected chi connectivity index (χ2v) is 6.76. The normalized spacial score (nSPS) is 10.4. The van der Waals surface area contributed by atoms with Gasteiger partial charge in [0.15, 0.2) is 0 Å². The molecule has 1 aromatic carbocycles. The number of carbonyl (C=O) groups excluding carboxylic acids is 1. The van der Waals surface area contributed by atoms with Gasteiger partial charge in [0.25, 0.3) is 0 Å². The smallest absolute Gasteiger partial charge is 0.248 e. The second kappa shape index (κ2) is 8.81. The van der Waals surface area contributed by atoms with Crippen molar-refractivity contribution in [2.45, 2.75) is 5.03 Å². The van der Waals surface area contributed by atoms with Crippen LogP contribution in [0.2, 0.25) is 5.02 Å². The van der Waals surface area contributed by atoms with E-state index in [4.69, 9.17) is 11.6 Å². The third-order valence-electron chi connectivity index (χ3n) is 3.63. The minimum atomic E-state index is -0.445. The first-order chi connectivity index (χ1) is 13.5. The lowest BCUT2D eigenvalue weighted by molar-refractivity contribution is -0.111. The van der Waals surface area contributed by atoms with Crippen LogP contribution in [0.1, 0.15) is 0 Å². The fourth-order valence-corrected chi connectivity index (χ4v) is 2.98. The summed E-state index contributed by atoms with van der Waals surface area (Å²) >= 11 is 7.37. The Morgan fingerprint density at radius 2 is 2.07 bits per heavy atom. The van der Waals surface area contributed by atoms with Crippen LogP contribution in [0.3, 0.4) is 0 Å². The summed E-state index contributed by atoms with van der Waals surface area (Å²) < 4.78 is 14.2. The average Bonchev–Trinajstić information content (AvgIpc) is 2.70. The van der Waals surface area contributed by atoms with E-state index in [1.54, 1.807) is 24.4 Å². The number of halogens is 2. The third kappa shape index (κ3) is 4.65. The van der Waals surface area contributed by atoms with E-state index in [0.29, 0.717) is 32.9 Å². The van der Waals surface area contributed by atoms with Crippen LogP contribution in [0.4, 0.5) is 21.6 Å². The topological polar surface area (TPSA) is 79.8 Å². The summed E-state index contributed by atoms with van der Waals surface area (Å²) in [7, 11) is 0. The lowest BCUT2D eigenvalue weighted by atomic mass is 10.1. The van der Waals surface area contributed by atoms with Crippen molar-refractivity contribution in [3.05, 3.63) is 66.1 Å². The summed E-state index contributed by atoms with van der Waals surface area (Å²) in [6.07, 6.45) is 4.56. The third-order valence-corrected chi connectivity index (χ3v) is 4.56. The highest BCUT2D eigenvalue weighted by Gasteiger charge is 2.13. The van der Waals surface area contributed by atoms with Gasteiger partial charge in [0.1, 0.15) is 16.7 Å². The highest BCUT2D eigenvalue weighted by atomic mass is 35.5. The Labute approximate surface area is 170 Å². The van der Waals surface area contributed by atoms with Crippen LogP contribution in [-0.2, 0) is 4.79 Å². The Hall–Kier alpha value is -2.97. The van der Waals surface area contributed by atoms with Crippen molar-refractivity contribution in [3.8, 4) is 11.3 Å². The number of amides is 1. The number of pyridine rings is 1. The van der Waals surface area contributed by atoms with E-state index in [1.807, 2.05) is 6.26 Å². The number of hydrogen-bond acceptors (Lipinski definition) is 6. The SMILES string of the molecule is C=CC(=O)Nc1cc(Nc2cc(-c3cc(Cl)ccc3F)nnc2SC)ccn1. The zero-order chi connectivity index (χ0) is 20.1. The monoisotopic (exact) mass is 415 g/mol. The number of benzene rings is 1. The second-order valence-electron chi connectivity index (χ2n) is 5.52. The van der Waals surface area contributed by atoms with Crippen molar-refractivity contribution in [1.82, 2.24) is 15.2 Å². The predicted octanol–water partition coefficient (Wildman–Crippen LogP) is 4.92. The average molecular weight is 416 g/mol. The Morgan fingerprint density at radius 3 is 2.82 bits per heavy atom. The van der Waals surface area contributed by atoms with E-state index in [-0.39, 0.29) is 11.5 Å². The number of rotatable bonds is 6. The molecule has 28 heavy (non-hydrogen) atoms. The van der Waals surface area contributed by atoms with Gasteiger partial charge in [-0.25, -0.2) is 9.37 Å². The lowest BCUT2D eigenvalue weighted by Crippen LogP contribution is -2.09. The van der Waals surface area contributed by atoms with Crippen LogP contribution >= 0.6 is 23.4 Å². The first kappa shape index (κ1) is 19.8. The van der Waals surface area contributed by atoms with Crippen molar-refractivity contribution < 1.29 is 9.18 Å². The molecule has 0 radical (unpaired) electrons. The van der Waals surface area contributed by atoms with Crippen molar-refractivity contribution in [2.24, 2.45) is 0 Å². The molecule has 0 aliphatic heterocycles.